The van der Waals surface area contributed by atoms with Gasteiger partial charge in [-0.25, -0.2) is 0 Å². The van der Waals surface area contributed by atoms with E-state index in [0.29, 0.717) is 25.1 Å². The molecule has 4 heteroatoms. The molecule has 100 valence electrons. The first-order valence-electron chi connectivity index (χ1n) is 6.06. The van der Waals surface area contributed by atoms with Gasteiger partial charge in [-0.2, -0.15) is 0 Å². The quantitative estimate of drug-likeness (QED) is 0.836. The van der Waals surface area contributed by atoms with Crippen molar-refractivity contribution < 1.29 is 14.6 Å². The average Bonchev–Trinajstić information content (AvgIpc) is 2.36. The topological polar surface area (TPSA) is 49.8 Å². The number of hydrogen-bond acceptors (Lipinski definition) is 3. The first-order chi connectivity index (χ1) is 8.54. The van der Waals surface area contributed by atoms with Crippen LogP contribution in [0.3, 0.4) is 0 Å². The number of hydrogen-bond donors (Lipinski definition) is 1. The standard InChI is InChI=1S/C14H21NO3/c1-11(16)8-9-15(2)14(17)13-6-4-12(5-7-13)10-18-3/h4-7,11,16H,8-10H2,1-3H3. The highest BCUT2D eigenvalue weighted by molar-refractivity contribution is 5.94. The van der Waals surface area contributed by atoms with Gasteiger partial charge in [0.1, 0.15) is 0 Å². The highest BCUT2D eigenvalue weighted by atomic mass is 16.5. The zero-order valence-electron chi connectivity index (χ0n) is 11.2. The normalized spacial score (nSPS) is 12.2. The summed E-state index contributed by atoms with van der Waals surface area (Å²) in [5, 5.41) is 9.20. The van der Waals surface area contributed by atoms with E-state index in [-0.39, 0.29) is 12.0 Å². The summed E-state index contributed by atoms with van der Waals surface area (Å²) in [6.45, 7) is 2.82. The monoisotopic (exact) mass is 251 g/mol. The van der Waals surface area contributed by atoms with Crippen LogP contribution in [0, 0.1) is 0 Å². The summed E-state index contributed by atoms with van der Waals surface area (Å²) in [5.41, 5.74) is 1.70. The van der Waals surface area contributed by atoms with Crippen LogP contribution >= 0.6 is 0 Å². The molecule has 0 saturated heterocycles. The number of amides is 1. The van der Waals surface area contributed by atoms with E-state index >= 15 is 0 Å². The van der Waals surface area contributed by atoms with Gasteiger partial charge >= 0.3 is 0 Å². The third-order valence-electron chi connectivity index (χ3n) is 2.74. The second kappa shape index (κ2) is 7.13. The fourth-order valence-corrected chi connectivity index (χ4v) is 1.61. The third-order valence-corrected chi connectivity index (χ3v) is 2.74. The SMILES string of the molecule is COCc1ccc(C(=O)N(C)CCC(C)O)cc1. The maximum Gasteiger partial charge on any atom is 0.253 e. The molecule has 0 aliphatic carbocycles. The Hall–Kier alpha value is -1.39. The van der Waals surface area contributed by atoms with Gasteiger partial charge in [-0.15, -0.1) is 0 Å². The lowest BCUT2D eigenvalue weighted by Crippen LogP contribution is -2.29. The van der Waals surface area contributed by atoms with Crippen LogP contribution < -0.4 is 0 Å². The second-order valence-electron chi connectivity index (χ2n) is 4.49. The van der Waals surface area contributed by atoms with Crippen molar-refractivity contribution in [3.05, 3.63) is 35.4 Å². The molecule has 1 atom stereocenters. The van der Waals surface area contributed by atoms with Crippen LogP contribution in [-0.4, -0.2) is 42.7 Å². The summed E-state index contributed by atoms with van der Waals surface area (Å²) in [7, 11) is 3.39. The van der Waals surface area contributed by atoms with Gasteiger partial charge in [0.2, 0.25) is 0 Å². The van der Waals surface area contributed by atoms with E-state index in [4.69, 9.17) is 4.74 Å². The largest absolute Gasteiger partial charge is 0.393 e. The van der Waals surface area contributed by atoms with E-state index in [2.05, 4.69) is 0 Å². The van der Waals surface area contributed by atoms with Gasteiger partial charge in [-0.05, 0) is 31.0 Å². The molecule has 1 aromatic rings. The summed E-state index contributed by atoms with van der Waals surface area (Å²) in [4.78, 5) is 13.7. The molecule has 1 unspecified atom stereocenters. The van der Waals surface area contributed by atoms with Crippen molar-refractivity contribution >= 4 is 5.91 Å². The molecule has 0 aromatic heterocycles. The lowest BCUT2D eigenvalue weighted by Gasteiger charge is -2.18. The van der Waals surface area contributed by atoms with Crippen LogP contribution in [0.1, 0.15) is 29.3 Å². The number of rotatable bonds is 6. The molecule has 0 saturated carbocycles. The van der Waals surface area contributed by atoms with Crippen LogP contribution in [0.25, 0.3) is 0 Å². The Balaban J connectivity index is 2.60. The van der Waals surface area contributed by atoms with Gasteiger partial charge in [-0.1, -0.05) is 12.1 Å². The molecule has 1 N–H and O–H groups in total. The Morgan fingerprint density at radius 2 is 2.00 bits per heavy atom. The highest BCUT2D eigenvalue weighted by Gasteiger charge is 2.11. The summed E-state index contributed by atoms with van der Waals surface area (Å²) in [5.74, 6) is -0.0281. The molecule has 0 bridgehead atoms. The number of carbonyl (C=O) groups excluding carboxylic acids is 1. The van der Waals surface area contributed by atoms with Gasteiger partial charge in [0.15, 0.2) is 0 Å². The first-order valence-corrected chi connectivity index (χ1v) is 6.06. The van der Waals surface area contributed by atoms with Gasteiger partial charge < -0.3 is 14.7 Å². The summed E-state index contributed by atoms with van der Waals surface area (Å²) < 4.78 is 5.02. The molecule has 1 aromatic carbocycles. The number of methoxy groups -OCH3 is 1. The van der Waals surface area contributed by atoms with Crippen LogP contribution in [0.5, 0.6) is 0 Å². The van der Waals surface area contributed by atoms with Crippen LogP contribution in [0.2, 0.25) is 0 Å². The molecule has 4 nitrogen and oxygen atoms in total. The lowest BCUT2D eigenvalue weighted by atomic mass is 10.1. The average molecular weight is 251 g/mol. The van der Waals surface area contributed by atoms with E-state index in [1.54, 1.807) is 38.1 Å². The molecule has 0 aliphatic heterocycles. The number of aliphatic hydroxyl groups excluding tert-OH is 1. The minimum Gasteiger partial charge on any atom is -0.393 e. The number of benzene rings is 1. The molecule has 0 radical (unpaired) electrons. The Morgan fingerprint density at radius 3 is 2.50 bits per heavy atom. The van der Waals surface area contributed by atoms with Crippen molar-refractivity contribution in [2.75, 3.05) is 20.7 Å². The molecule has 0 fully saturated rings. The predicted molar refractivity (Wildman–Crippen MR) is 70.4 cm³/mol. The minimum absolute atomic E-state index is 0.0281. The van der Waals surface area contributed by atoms with Gasteiger partial charge in [-0.3, -0.25) is 4.79 Å². The van der Waals surface area contributed by atoms with Crippen molar-refractivity contribution in [3.63, 3.8) is 0 Å². The number of aliphatic hydroxyl groups is 1. The Kier molecular flexibility index (Phi) is 5.82. The molecule has 0 heterocycles. The molecule has 0 aliphatic rings. The second-order valence-corrected chi connectivity index (χ2v) is 4.49. The van der Waals surface area contributed by atoms with Gasteiger partial charge in [0, 0.05) is 26.3 Å². The van der Waals surface area contributed by atoms with E-state index in [1.165, 1.54) is 0 Å². The van der Waals surface area contributed by atoms with Crippen molar-refractivity contribution in [3.8, 4) is 0 Å². The van der Waals surface area contributed by atoms with Crippen molar-refractivity contribution in [1.82, 2.24) is 4.90 Å². The van der Waals surface area contributed by atoms with E-state index in [1.807, 2.05) is 12.1 Å². The van der Waals surface area contributed by atoms with Crippen molar-refractivity contribution in [2.45, 2.75) is 26.1 Å². The molecule has 18 heavy (non-hydrogen) atoms. The maximum atomic E-state index is 12.0. The minimum atomic E-state index is -0.385. The predicted octanol–water partition coefficient (Wildman–Crippen LogP) is 1.68. The maximum absolute atomic E-state index is 12.0. The number of nitrogens with zero attached hydrogens (tertiary/aromatic N) is 1. The molecular weight excluding hydrogens is 230 g/mol. The van der Waals surface area contributed by atoms with Gasteiger partial charge in [0.25, 0.3) is 5.91 Å². The molecule has 1 rings (SSSR count). The summed E-state index contributed by atoms with van der Waals surface area (Å²) >= 11 is 0. The van der Waals surface area contributed by atoms with Crippen LogP contribution in [0.15, 0.2) is 24.3 Å². The van der Waals surface area contributed by atoms with Crippen LogP contribution in [0.4, 0.5) is 0 Å². The van der Waals surface area contributed by atoms with Gasteiger partial charge in [0.05, 0.1) is 12.7 Å². The fraction of sp³-hybridized carbons (Fsp3) is 0.500. The van der Waals surface area contributed by atoms with Crippen LogP contribution in [-0.2, 0) is 11.3 Å². The fourth-order valence-electron chi connectivity index (χ4n) is 1.61. The highest BCUT2D eigenvalue weighted by Crippen LogP contribution is 2.08. The molecule has 1 amide bonds. The van der Waals surface area contributed by atoms with Crippen molar-refractivity contribution in [2.24, 2.45) is 0 Å². The zero-order valence-corrected chi connectivity index (χ0v) is 11.2. The lowest BCUT2D eigenvalue weighted by molar-refractivity contribution is 0.0769. The molecule has 0 spiro atoms. The zero-order chi connectivity index (χ0) is 13.5. The van der Waals surface area contributed by atoms with E-state index in [0.717, 1.165) is 5.56 Å². The first kappa shape index (κ1) is 14.7. The Bertz CT molecular complexity index is 373. The summed E-state index contributed by atoms with van der Waals surface area (Å²) in [6, 6.07) is 7.38. The summed E-state index contributed by atoms with van der Waals surface area (Å²) in [6.07, 6.45) is 0.202. The third kappa shape index (κ3) is 4.47. The number of carbonyl (C=O) groups is 1. The van der Waals surface area contributed by atoms with E-state index < -0.39 is 0 Å². The Morgan fingerprint density at radius 1 is 1.39 bits per heavy atom. The smallest absolute Gasteiger partial charge is 0.253 e. The molecular formula is C14H21NO3. The van der Waals surface area contributed by atoms with Crippen molar-refractivity contribution in [1.29, 1.82) is 0 Å². The number of ether oxygens (including phenoxy) is 1. The van der Waals surface area contributed by atoms with E-state index in [9.17, 15) is 9.90 Å². The Labute approximate surface area is 108 Å².